The first-order chi connectivity index (χ1) is 12.4. The van der Waals surface area contributed by atoms with Gasteiger partial charge in [-0.3, -0.25) is 9.59 Å². The van der Waals surface area contributed by atoms with Crippen molar-refractivity contribution < 1.29 is 19.5 Å². The summed E-state index contributed by atoms with van der Waals surface area (Å²) in [5, 5.41) is 14.3. The molecule has 0 saturated heterocycles. The van der Waals surface area contributed by atoms with Crippen LogP contribution in [0.3, 0.4) is 0 Å². The molecule has 0 unspecified atom stereocenters. The largest absolute Gasteiger partial charge is 0.480 e. The highest BCUT2D eigenvalue weighted by molar-refractivity contribution is 6.87. The van der Waals surface area contributed by atoms with Gasteiger partial charge < -0.3 is 15.7 Å². The Kier molecular flexibility index (Phi) is 7.79. The number of aliphatic carboxylic acids is 1. The number of carboxylic acids is 1. The van der Waals surface area contributed by atoms with E-state index in [1.54, 1.807) is 30.3 Å². The lowest BCUT2D eigenvalue weighted by Crippen LogP contribution is -2.45. The molecule has 146 valence electrons. The summed E-state index contributed by atoms with van der Waals surface area (Å²) < 4.78 is 0. The molecule has 1 aromatic rings. The molecule has 0 saturated carbocycles. The molecule has 1 atom stereocenters. The minimum Gasteiger partial charge on any atom is -0.480 e. The number of carbonyl (C=O) groups is 3. The van der Waals surface area contributed by atoms with Gasteiger partial charge in [0.25, 0.3) is 5.91 Å². The van der Waals surface area contributed by atoms with E-state index in [1.807, 2.05) is 0 Å². The molecular formula is C20H28N2O4Si. The van der Waals surface area contributed by atoms with Crippen molar-refractivity contribution in [3.8, 4) is 11.5 Å². The third-order valence-electron chi connectivity index (χ3n) is 4.66. The van der Waals surface area contributed by atoms with Gasteiger partial charge in [0.05, 0.1) is 6.54 Å². The zero-order valence-corrected chi connectivity index (χ0v) is 17.6. The van der Waals surface area contributed by atoms with E-state index in [4.69, 9.17) is 0 Å². The van der Waals surface area contributed by atoms with Crippen molar-refractivity contribution in [3.05, 3.63) is 35.9 Å². The van der Waals surface area contributed by atoms with Crippen LogP contribution in [0.2, 0.25) is 18.1 Å². The number of carboxylic acid groups (broad SMARTS) is 1. The van der Waals surface area contributed by atoms with E-state index < -0.39 is 31.9 Å². The van der Waals surface area contributed by atoms with Crippen LogP contribution >= 0.6 is 0 Å². The monoisotopic (exact) mass is 388 g/mol. The van der Waals surface area contributed by atoms with Gasteiger partial charge in [0.2, 0.25) is 5.91 Å². The third kappa shape index (κ3) is 7.27. The molecule has 0 aliphatic rings. The van der Waals surface area contributed by atoms with Crippen LogP contribution in [0, 0.1) is 11.5 Å². The van der Waals surface area contributed by atoms with Gasteiger partial charge in [-0.1, -0.05) is 52.1 Å². The molecular weight excluding hydrogens is 360 g/mol. The van der Waals surface area contributed by atoms with Crippen molar-refractivity contribution in [2.24, 2.45) is 0 Å². The Bertz CT molecular complexity index is 743. The first-order valence-electron chi connectivity index (χ1n) is 8.79. The van der Waals surface area contributed by atoms with Gasteiger partial charge in [-0.2, -0.15) is 0 Å². The van der Waals surface area contributed by atoms with Crippen molar-refractivity contribution in [3.63, 3.8) is 0 Å². The van der Waals surface area contributed by atoms with Gasteiger partial charge in [0, 0.05) is 12.0 Å². The smallest absolute Gasteiger partial charge is 0.327 e. The summed E-state index contributed by atoms with van der Waals surface area (Å²) in [5.41, 5.74) is 3.66. The average molecular weight is 389 g/mol. The fourth-order valence-electron chi connectivity index (χ4n) is 1.86. The molecule has 27 heavy (non-hydrogen) atoms. The molecule has 1 rings (SSSR count). The molecule has 0 fully saturated rings. The molecule has 0 spiro atoms. The molecule has 2 amide bonds. The Morgan fingerprint density at radius 2 is 1.74 bits per heavy atom. The summed E-state index contributed by atoms with van der Waals surface area (Å²) in [6.45, 7) is 10.3. The minimum atomic E-state index is -1.84. The van der Waals surface area contributed by atoms with Gasteiger partial charge in [-0.15, -0.1) is 11.5 Å². The first kappa shape index (κ1) is 22.4. The van der Waals surface area contributed by atoms with Crippen LogP contribution in [0.25, 0.3) is 0 Å². The van der Waals surface area contributed by atoms with Crippen molar-refractivity contribution in [1.82, 2.24) is 10.6 Å². The van der Waals surface area contributed by atoms with Crippen LogP contribution in [-0.4, -0.2) is 43.6 Å². The molecule has 0 radical (unpaired) electrons. The molecule has 0 bridgehead atoms. The molecule has 0 heterocycles. The van der Waals surface area contributed by atoms with Gasteiger partial charge in [-0.05, 0) is 17.2 Å². The lowest BCUT2D eigenvalue weighted by Gasteiger charge is -2.31. The molecule has 7 heteroatoms. The molecule has 0 aromatic heterocycles. The summed E-state index contributed by atoms with van der Waals surface area (Å²) in [5.74, 6) is 0.826. The molecule has 3 N–H and O–H groups in total. The van der Waals surface area contributed by atoms with Crippen molar-refractivity contribution in [2.45, 2.75) is 51.4 Å². The molecule has 6 nitrogen and oxygen atoms in total. The number of hydrogen-bond donors (Lipinski definition) is 3. The fourth-order valence-corrected chi connectivity index (χ4v) is 2.78. The summed E-state index contributed by atoms with van der Waals surface area (Å²) in [6, 6.07) is 7.37. The summed E-state index contributed by atoms with van der Waals surface area (Å²) in [7, 11) is -1.84. The van der Waals surface area contributed by atoms with Gasteiger partial charge in [0.15, 0.2) is 0 Å². The minimum absolute atomic E-state index is 0.0280. The number of benzene rings is 1. The highest BCUT2D eigenvalue weighted by atomic mass is 28.3. The molecule has 1 aromatic carbocycles. The van der Waals surface area contributed by atoms with E-state index in [0.29, 0.717) is 5.56 Å². The van der Waals surface area contributed by atoms with Crippen molar-refractivity contribution >= 4 is 25.9 Å². The van der Waals surface area contributed by atoms with E-state index in [0.717, 1.165) is 0 Å². The topological polar surface area (TPSA) is 95.5 Å². The third-order valence-corrected chi connectivity index (χ3v) is 9.21. The Hall–Kier alpha value is -2.59. The summed E-state index contributed by atoms with van der Waals surface area (Å²) in [6.07, 6.45) is 0.0280. The lowest BCUT2D eigenvalue weighted by atomic mass is 10.2. The Labute approximate surface area is 161 Å². The van der Waals surface area contributed by atoms with Gasteiger partial charge in [-0.25, -0.2) is 4.79 Å². The lowest BCUT2D eigenvalue weighted by molar-refractivity contribution is -0.141. The maximum Gasteiger partial charge on any atom is 0.327 e. The van der Waals surface area contributed by atoms with Crippen LogP contribution in [0.15, 0.2) is 30.3 Å². The van der Waals surface area contributed by atoms with Crippen molar-refractivity contribution in [1.29, 1.82) is 0 Å². The number of hydrogen-bond acceptors (Lipinski definition) is 3. The second-order valence-electron chi connectivity index (χ2n) is 7.89. The van der Waals surface area contributed by atoms with Crippen LogP contribution in [0.5, 0.6) is 0 Å². The summed E-state index contributed by atoms with van der Waals surface area (Å²) >= 11 is 0. The van der Waals surface area contributed by atoms with Gasteiger partial charge in [0.1, 0.15) is 14.1 Å². The van der Waals surface area contributed by atoms with Crippen LogP contribution in [-0.2, 0) is 9.59 Å². The van der Waals surface area contributed by atoms with E-state index >= 15 is 0 Å². The second kappa shape index (κ2) is 9.37. The quantitative estimate of drug-likeness (QED) is 0.515. The van der Waals surface area contributed by atoms with E-state index in [-0.39, 0.29) is 18.0 Å². The number of nitrogens with one attached hydrogen (secondary N) is 2. The van der Waals surface area contributed by atoms with E-state index in [1.165, 1.54) is 0 Å². The first-order valence-corrected chi connectivity index (χ1v) is 11.8. The number of carbonyl (C=O) groups excluding carboxylic acids is 2. The van der Waals surface area contributed by atoms with E-state index in [2.05, 4.69) is 56.0 Å². The Balaban J connectivity index is 2.61. The predicted octanol–water partition coefficient (Wildman–Crippen LogP) is 2.43. The van der Waals surface area contributed by atoms with E-state index in [9.17, 15) is 19.5 Å². The van der Waals surface area contributed by atoms with Gasteiger partial charge >= 0.3 is 5.97 Å². The van der Waals surface area contributed by atoms with Crippen LogP contribution in [0.4, 0.5) is 0 Å². The average Bonchev–Trinajstić information content (AvgIpc) is 2.58. The summed E-state index contributed by atoms with van der Waals surface area (Å²) in [4.78, 5) is 35.3. The fraction of sp³-hybridized carbons (Fsp3) is 0.450. The SMILES string of the molecule is CC(C)(C)[Si](C)(C)C#CC[C@H](NC(=O)CNC(=O)c1ccccc1)C(=O)O. The second-order valence-corrected chi connectivity index (χ2v) is 12.9. The predicted molar refractivity (Wildman–Crippen MR) is 108 cm³/mol. The highest BCUT2D eigenvalue weighted by Crippen LogP contribution is 2.35. The normalized spacial score (nSPS) is 12.3. The Morgan fingerprint density at radius 1 is 1.15 bits per heavy atom. The maximum absolute atomic E-state index is 12.0. The standard InChI is InChI=1S/C20H28N2O4Si/c1-20(2,3)27(4,5)13-9-12-16(19(25)26)22-17(23)14-21-18(24)15-10-7-6-8-11-15/h6-8,10-11,16H,12,14H2,1-5H3,(H,21,24)(H,22,23)(H,25,26)/t16-/m0/s1. The highest BCUT2D eigenvalue weighted by Gasteiger charge is 2.33. The van der Waals surface area contributed by atoms with Crippen LogP contribution in [0.1, 0.15) is 37.6 Å². The zero-order chi connectivity index (χ0) is 20.7. The Morgan fingerprint density at radius 3 is 2.26 bits per heavy atom. The molecule has 0 aliphatic heterocycles. The number of amides is 2. The molecule has 0 aliphatic carbocycles. The van der Waals surface area contributed by atoms with Crippen LogP contribution < -0.4 is 10.6 Å². The van der Waals surface area contributed by atoms with Crippen molar-refractivity contribution in [2.75, 3.05) is 6.54 Å². The zero-order valence-electron chi connectivity index (χ0n) is 16.6. The number of rotatable bonds is 6. The maximum atomic E-state index is 12.0.